The third-order valence-electron chi connectivity index (χ3n) is 4.37. The Labute approximate surface area is 143 Å². The van der Waals surface area contributed by atoms with E-state index in [0.29, 0.717) is 18.9 Å². The van der Waals surface area contributed by atoms with Crippen LogP contribution < -0.4 is 5.32 Å². The molecule has 5 heteroatoms. The van der Waals surface area contributed by atoms with Gasteiger partial charge in [-0.3, -0.25) is 0 Å². The van der Waals surface area contributed by atoms with E-state index >= 15 is 0 Å². The molecular formula is C19H27NO4. The van der Waals surface area contributed by atoms with Crippen molar-refractivity contribution in [2.75, 3.05) is 6.61 Å². The van der Waals surface area contributed by atoms with Crippen molar-refractivity contribution >= 4 is 12.1 Å². The van der Waals surface area contributed by atoms with Gasteiger partial charge in [0, 0.05) is 0 Å². The lowest BCUT2D eigenvalue weighted by Gasteiger charge is -2.25. The normalized spacial score (nSPS) is 16.2. The first-order valence-corrected chi connectivity index (χ1v) is 8.83. The van der Waals surface area contributed by atoms with Gasteiger partial charge >= 0.3 is 12.1 Å². The Bertz CT molecular complexity index is 511. The minimum atomic E-state index is -0.628. The average Bonchev–Trinajstić information content (AvgIpc) is 2.61. The van der Waals surface area contributed by atoms with Crippen molar-refractivity contribution in [1.29, 1.82) is 0 Å². The predicted molar refractivity (Wildman–Crippen MR) is 91.4 cm³/mol. The van der Waals surface area contributed by atoms with E-state index in [1.54, 1.807) is 6.92 Å². The Morgan fingerprint density at radius 2 is 1.83 bits per heavy atom. The fourth-order valence-electron chi connectivity index (χ4n) is 3.12. The highest BCUT2D eigenvalue weighted by Crippen LogP contribution is 2.27. The van der Waals surface area contributed by atoms with Crippen molar-refractivity contribution in [3.05, 3.63) is 35.9 Å². The van der Waals surface area contributed by atoms with E-state index in [1.165, 1.54) is 19.3 Å². The van der Waals surface area contributed by atoms with Crippen LogP contribution in [0, 0.1) is 5.92 Å². The van der Waals surface area contributed by atoms with E-state index in [0.717, 1.165) is 18.4 Å². The van der Waals surface area contributed by atoms with Crippen molar-refractivity contribution in [2.24, 2.45) is 5.92 Å². The van der Waals surface area contributed by atoms with E-state index in [1.807, 2.05) is 30.3 Å². The molecule has 0 aliphatic heterocycles. The second kappa shape index (κ2) is 9.96. The van der Waals surface area contributed by atoms with Crippen LogP contribution in [0.1, 0.15) is 51.0 Å². The van der Waals surface area contributed by atoms with Crippen molar-refractivity contribution < 1.29 is 19.1 Å². The van der Waals surface area contributed by atoms with Gasteiger partial charge in [0.05, 0.1) is 6.61 Å². The number of carbonyl (C=O) groups excluding carboxylic acids is 2. The lowest BCUT2D eigenvalue weighted by molar-refractivity contribution is -0.146. The predicted octanol–water partition coefficient (Wildman–Crippen LogP) is 3.81. The Balaban J connectivity index is 1.85. The molecule has 1 aromatic rings. The van der Waals surface area contributed by atoms with Crippen LogP contribution in [-0.2, 0) is 20.9 Å². The lowest BCUT2D eigenvalue weighted by Crippen LogP contribution is -2.43. The molecule has 0 heterocycles. The first-order valence-electron chi connectivity index (χ1n) is 8.83. The molecule has 2 rings (SSSR count). The highest BCUT2D eigenvalue weighted by molar-refractivity contribution is 5.81. The van der Waals surface area contributed by atoms with Gasteiger partial charge in [-0.2, -0.15) is 0 Å². The van der Waals surface area contributed by atoms with Crippen molar-refractivity contribution in [3.63, 3.8) is 0 Å². The first-order chi connectivity index (χ1) is 11.7. The molecule has 1 N–H and O–H groups in total. The molecule has 1 aromatic carbocycles. The maximum Gasteiger partial charge on any atom is 0.408 e. The monoisotopic (exact) mass is 333 g/mol. The van der Waals surface area contributed by atoms with E-state index in [4.69, 9.17) is 9.47 Å². The Morgan fingerprint density at radius 1 is 1.12 bits per heavy atom. The molecule has 1 saturated carbocycles. The summed E-state index contributed by atoms with van der Waals surface area (Å²) in [7, 11) is 0. The van der Waals surface area contributed by atoms with Crippen LogP contribution in [0.4, 0.5) is 4.79 Å². The Kier molecular flexibility index (Phi) is 7.59. The third kappa shape index (κ3) is 6.22. The fourth-order valence-corrected chi connectivity index (χ4v) is 3.12. The summed E-state index contributed by atoms with van der Waals surface area (Å²) in [5, 5.41) is 2.68. The van der Waals surface area contributed by atoms with Gasteiger partial charge in [-0.15, -0.1) is 0 Å². The summed E-state index contributed by atoms with van der Waals surface area (Å²) in [6.45, 7) is 2.26. The number of nitrogens with one attached hydrogen (secondary N) is 1. The summed E-state index contributed by atoms with van der Waals surface area (Å²) in [6.07, 6.45) is 5.91. The minimum absolute atomic E-state index is 0.186. The molecule has 0 radical (unpaired) electrons. The molecule has 0 bridgehead atoms. The number of amides is 1. The standard InChI is InChI=1S/C19H27NO4/c1-2-23-18(21)17(13-15-9-5-3-6-10-15)20-19(22)24-14-16-11-7-4-8-12-16/h4,7-8,11-12,15,17H,2-3,5-6,9-10,13-14H2,1H3,(H,20,22). The summed E-state index contributed by atoms with van der Waals surface area (Å²) in [6, 6.07) is 8.83. The van der Waals surface area contributed by atoms with E-state index in [9.17, 15) is 9.59 Å². The van der Waals surface area contributed by atoms with Crippen LogP contribution in [0.25, 0.3) is 0 Å². The molecule has 132 valence electrons. The van der Waals surface area contributed by atoms with Crippen LogP contribution in [0.2, 0.25) is 0 Å². The zero-order valence-corrected chi connectivity index (χ0v) is 14.3. The second-order valence-electron chi connectivity index (χ2n) is 6.25. The maximum atomic E-state index is 12.1. The Hall–Kier alpha value is -2.04. The second-order valence-corrected chi connectivity index (χ2v) is 6.25. The number of esters is 1. The summed E-state index contributed by atoms with van der Waals surface area (Å²) in [5.74, 6) is 0.0855. The molecule has 5 nitrogen and oxygen atoms in total. The summed E-state index contributed by atoms with van der Waals surface area (Å²) >= 11 is 0. The van der Waals surface area contributed by atoms with Crippen molar-refractivity contribution in [1.82, 2.24) is 5.32 Å². The van der Waals surface area contributed by atoms with Gasteiger partial charge in [-0.05, 0) is 24.8 Å². The molecule has 1 amide bonds. The van der Waals surface area contributed by atoms with Crippen LogP contribution in [0.3, 0.4) is 0 Å². The van der Waals surface area contributed by atoms with Gasteiger partial charge in [-0.25, -0.2) is 9.59 Å². The molecule has 0 spiro atoms. The zero-order valence-electron chi connectivity index (χ0n) is 14.3. The van der Waals surface area contributed by atoms with Gasteiger partial charge in [0.25, 0.3) is 0 Å². The molecular weight excluding hydrogens is 306 g/mol. The molecule has 1 aliphatic rings. The van der Waals surface area contributed by atoms with Crippen LogP contribution in [0.15, 0.2) is 30.3 Å². The van der Waals surface area contributed by atoms with Gasteiger partial charge < -0.3 is 14.8 Å². The molecule has 1 atom stereocenters. The van der Waals surface area contributed by atoms with Gasteiger partial charge in [0.15, 0.2) is 0 Å². The molecule has 1 unspecified atom stereocenters. The molecule has 0 aromatic heterocycles. The van der Waals surface area contributed by atoms with E-state index in [-0.39, 0.29) is 12.6 Å². The number of rotatable bonds is 7. The van der Waals surface area contributed by atoms with Crippen LogP contribution in [0.5, 0.6) is 0 Å². The summed E-state index contributed by atoms with van der Waals surface area (Å²) in [4.78, 5) is 24.2. The zero-order chi connectivity index (χ0) is 17.2. The van der Waals surface area contributed by atoms with E-state index < -0.39 is 12.1 Å². The number of ether oxygens (including phenoxy) is 2. The quantitative estimate of drug-likeness (QED) is 0.771. The highest BCUT2D eigenvalue weighted by Gasteiger charge is 2.27. The van der Waals surface area contributed by atoms with Crippen LogP contribution in [-0.4, -0.2) is 24.7 Å². The number of benzene rings is 1. The first kappa shape index (κ1) is 18.3. The number of hydrogen-bond acceptors (Lipinski definition) is 4. The van der Waals surface area contributed by atoms with E-state index in [2.05, 4.69) is 5.32 Å². The summed E-state index contributed by atoms with van der Waals surface area (Å²) < 4.78 is 10.3. The van der Waals surface area contributed by atoms with Crippen LogP contribution >= 0.6 is 0 Å². The average molecular weight is 333 g/mol. The Morgan fingerprint density at radius 3 is 2.50 bits per heavy atom. The van der Waals surface area contributed by atoms with Gasteiger partial charge in [-0.1, -0.05) is 62.4 Å². The number of carbonyl (C=O) groups is 2. The smallest absolute Gasteiger partial charge is 0.408 e. The largest absolute Gasteiger partial charge is 0.464 e. The fraction of sp³-hybridized carbons (Fsp3) is 0.579. The molecule has 1 aliphatic carbocycles. The highest BCUT2D eigenvalue weighted by atomic mass is 16.6. The van der Waals surface area contributed by atoms with Gasteiger partial charge in [0.2, 0.25) is 0 Å². The third-order valence-corrected chi connectivity index (χ3v) is 4.37. The summed E-state index contributed by atoms with van der Waals surface area (Å²) in [5.41, 5.74) is 0.910. The molecule has 1 fully saturated rings. The minimum Gasteiger partial charge on any atom is -0.464 e. The van der Waals surface area contributed by atoms with Gasteiger partial charge in [0.1, 0.15) is 12.6 Å². The molecule has 0 saturated heterocycles. The topological polar surface area (TPSA) is 64.6 Å². The molecule has 24 heavy (non-hydrogen) atoms. The van der Waals surface area contributed by atoms with Crippen molar-refractivity contribution in [2.45, 2.75) is 58.1 Å². The number of alkyl carbamates (subject to hydrolysis) is 1. The number of hydrogen-bond donors (Lipinski definition) is 1. The van der Waals surface area contributed by atoms with Crippen molar-refractivity contribution in [3.8, 4) is 0 Å². The maximum absolute atomic E-state index is 12.1. The SMILES string of the molecule is CCOC(=O)C(CC1CCCCC1)NC(=O)OCc1ccccc1. The lowest BCUT2D eigenvalue weighted by atomic mass is 9.85.